The van der Waals surface area contributed by atoms with E-state index in [-0.39, 0.29) is 0 Å². The summed E-state index contributed by atoms with van der Waals surface area (Å²) in [6.45, 7) is 1.87. The van der Waals surface area contributed by atoms with Crippen molar-refractivity contribution < 1.29 is 0 Å². The Balaban J connectivity index is 2.07. The number of hydrogen-bond donors (Lipinski definition) is 1. The Bertz CT molecular complexity index is 215. The first-order chi connectivity index (χ1) is 6.43. The molecule has 0 radical (unpaired) electrons. The van der Waals surface area contributed by atoms with E-state index < -0.39 is 0 Å². The van der Waals surface area contributed by atoms with Crippen molar-refractivity contribution in [3.8, 4) is 0 Å². The molecular weight excluding hydrogens is 182 g/mol. The Hall–Kier alpha value is -0.610. The van der Waals surface area contributed by atoms with Crippen LogP contribution in [0.2, 0.25) is 0 Å². The molecule has 0 aliphatic carbocycles. The van der Waals surface area contributed by atoms with Crippen LogP contribution in [-0.2, 0) is 6.54 Å². The van der Waals surface area contributed by atoms with Crippen LogP contribution in [-0.4, -0.2) is 28.5 Å². The molecule has 1 heterocycles. The van der Waals surface area contributed by atoms with E-state index in [0.29, 0.717) is 0 Å². The molecule has 0 unspecified atom stereocenters. The molecule has 1 aromatic heterocycles. The van der Waals surface area contributed by atoms with Gasteiger partial charge in [0.2, 0.25) is 0 Å². The Labute approximate surface area is 83.4 Å². The van der Waals surface area contributed by atoms with Gasteiger partial charge < -0.3 is 5.32 Å². The summed E-state index contributed by atoms with van der Waals surface area (Å²) in [5.41, 5.74) is 1.01. The molecule has 4 heteroatoms. The Kier molecular flexibility index (Phi) is 5.52. The summed E-state index contributed by atoms with van der Waals surface area (Å²) in [4.78, 5) is 8.16. The predicted octanol–water partition coefficient (Wildman–Crippen LogP) is 1.32. The van der Waals surface area contributed by atoms with Gasteiger partial charge in [0.1, 0.15) is 0 Å². The van der Waals surface area contributed by atoms with Gasteiger partial charge in [0.25, 0.3) is 0 Å². The lowest BCUT2D eigenvalue weighted by Crippen LogP contribution is -2.16. The molecule has 0 saturated carbocycles. The molecule has 0 atom stereocenters. The van der Waals surface area contributed by atoms with E-state index in [9.17, 15) is 0 Å². The highest BCUT2D eigenvalue weighted by Crippen LogP contribution is 1.94. The maximum atomic E-state index is 4.17. The van der Waals surface area contributed by atoms with E-state index in [1.54, 1.807) is 18.6 Å². The summed E-state index contributed by atoms with van der Waals surface area (Å²) in [6, 6.07) is 0. The molecule has 0 aromatic carbocycles. The normalized spacial score (nSPS) is 10.2. The Morgan fingerprint density at radius 2 is 2.38 bits per heavy atom. The summed E-state index contributed by atoms with van der Waals surface area (Å²) >= 11 is 1.88. The number of hydrogen-bond acceptors (Lipinski definition) is 4. The van der Waals surface area contributed by atoms with Gasteiger partial charge in [0.15, 0.2) is 0 Å². The Morgan fingerprint density at radius 3 is 3.08 bits per heavy atom. The highest BCUT2D eigenvalue weighted by Gasteiger charge is 1.91. The maximum absolute atomic E-state index is 4.17. The molecule has 0 amide bonds. The molecule has 0 bridgehead atoms. The van der Waals surface area contributed by atoms with Gasteiger partial charge in [-0.2, -0.15) is 11.8 Å². The second-order valence-corrected chi connectivity index (χ2v) is 3.71. The zero-order valence-electron chi connectivity index (χ0n) is 7.86. The minimum Gasteiger partial charge on any atom is -0.311 e. The van der Waals surface area contributed by atoms with Crippen LogP contribution in [0.5, 0.6) is 0 Å². The average Bonchev–Trinajstić information content (AvgIpc) is 2.19. The van der Waals surface area contributed by atoms with Crippen LogP contribution in [0.1, 0.15) is 12.1 Å². The molecule has 1 rings (SSSR count). The van der Waals surface area contributed by atoms with Crippen LogP contribution in [0.25, 0.3) is 0 Å². The van der Waals surface area contributed by atoms with Crippen LogP contribution in [0.3, 0.4) is 0 Å². The largest absolute Gasteiger partial charge is 0.311 e. The van der Waals surface area contributed by atoms with Gasteiger partial charge in [-0.1, -0.05) is 0 Å². The zero-order chi connectivity index (χ0) is 9.36. The number of nitrogens with zero attached hydrogens (tertiary/aromatic N) is 2. The summed E-state index contributed by atoms with van der Waals surface area (Å²) < 4.78 is 0. The third-order valence-electron chi connectivity index (χ3n) is 1.62. The molecule has 72 valence electrons. The van der Waals surface area contributed by atoms with Gasteiger partial charge in [0.05, 0.1) is 5.69 Å². The highest BCUT2D eigenvalue weighted by atomic mass is 32.2. The molecule has 0 spiro atoms. The second-order valence-electron chi connectivity index (χ2n) is 2.72. The first-order valence-electron chi connectivity index (χ1n) is 4.38. The van der Waals surface area contributed by atoms with E-state index in [4.69, 9.17) is 0 Å². The fourth-order valence-electron chi connectivity index (χ4n) is 0.979. The van der Waals surface area contributed by atoms with E-state index in [1.165, 1.54) is 12.2 Å². The van der Waals surface area contributed by atoms with Crippen LogP contribution < -0.4 is 5.32 Å². The first kappa shape index (κ1) is 10.5. The van der Waals surface area contributed by atoms with Crippen LogP contribution in [0, 0.1) is 0 Å². The zero-order valence-corrected chi connectivity index (χ0v) is 8.68. The fraction of sp³-hybridized carbons (Fsp3) is 0.556. The van der Waals surface area contributed by atoms with Crippen molar-refractivity contribution in [2.45, 2.75) is 13.0 Å². The van der Waals surface area contributed by atoms with E-state index in [2.05, 4.69) is 21.5 Å². The lowest BCUT2D eigenvalue weighted by atomic mass is 10.4. The minimum absolute atomic E-state index is 0.822. The summed E-state index contributed by atoms with van der Waals surface area (Å²) in [6.07, 6.45) is 8.54. The molecule has 0 aliphatic rings. The van der Waals surface area contributed by atoms with Crippen molar-refractivity contribution >= 4 is 11.8 Å². The van der Waals surface area contributed by atoms with Crippen molar-refractivity contribution in [1.29, 1.82) is 0 Å². The van der Waals surface area contributed by atoms with Gasteiger partial charge >= 0.3 is 0 Å². The molecule has 0 aliphatic heterocycles. The Morgan fingerprint density at radius 1 is 1.46 bits per heavy atom. The smallest absolute Gasteiger partial charge is 0.0724 e. The molecular formula is C9H15N3S. The molecule has 1 aromatic rings. The number of rotatable bonds is 6. The fourth-order valence-corrected chi connectivity index (χ4v) is 1.41. The van der Waals surface area contributed by atoms with Crippen LogP contribution >= 0.6 is 11.8 Å². The first-order valence-corrected chi connectivity index (χ1v) is 5.77. The summed E-state index contributed by atoms with van der Waals surface area (Å²) in [7, 11) is 0. The predicted molar refractivity (Wildman–Crippen MR) is 56.7 cm³/mol. The third-order valence-corrected chi connectivity index (χ3v) is 2.32. The molecule has 13 heavy (non-hydrogen) atoms. The van der Waals surface area contributed by atoms with Crippen molar-refractivity contribution in [2.24, 2.45) is 0 Å². The quantitative estimate of drug-likeness (QED) is 0.698. The lowest BCUT2D eigenvalue weighted by Gasteiger charge is -2.02. The number of aromatic nitrogens is 2. The maximum Gasteiger partial charge on any atom is 0.0724 e. The van der Waals surface area contributed by atoms with Gasteiger partial charge in [-0.3, -0.25) is 9.97 Å². The lowest BCUT2D eigenvalue weighted by molar-refractivity contribution is 0.665. The molecule has 1 N–H and O–H groups in total. The SMILES string of the molecule is CSCCCNCc1cnccn1. The molecule has 0 fully saturated rings. The topological polar surface area (TPSA) is 37.8 Å². The minimum atomic E-state index is 0.822. The van der Waals surface area contributed by atoms with Crippen molar-refractivity contribution in [1.82, 2.24) is 15.3 Å². The van der Waals surface area contributed by atoms with Crippen molar-refractivity contribution in [2.75, 3.05) is 18.6 Å². The van der Waals surface area contributed by atoms with Gasteiger partial charge in [-0.05, 0) is 25.0 Å². The van der Waals surface area contributed by atoms with Crippen molar-refractivity contribution in [3.63, 3.8) is 0 Å². The van der Waals surface area contributed by atoms with Gasteiger partial charge in [-0.25, -0.2) is 0 Å². The van der Waals surface area contributed by atoms with Gasteiger partial charge in [0, 0.05) is 25.1 Å². The van der Waals surface area contributed by atoms with E-state index >= 15 is 0 Å². The van der Waals surface area contributed by atoms with E-state index in [1.807, 2.05) is 11.8 Å². The summed E-state index contributed by atoms with van der Waals surface area (Å²) in [5.74, 6) is 1.22. The second kappa shape index (κ2) is 6.86. The highest BCUT2D eigenvalue weighted by molar-refractivity contribution is 7.98. The van der Waals surface area contributed by atoms with E-state index in [0.717, 1.165) is 18.8 Å². The number of nitrogens with one attached hydrogen (secondary N) is 1. The number of thioether (sulfide) groups is 1. The monoisotopic (exact) mass is 197 g/mol. The van der Waals surface area contributed by atoms with Crippen molar-refractivity contribution in [3.05, 3.63) is 24.3 Å². The van der Waals surface area contributed by atoms with Crippen LogP contribution in [0.4, 0.5) is 0 Å². The van der Waals surface area contributed by atoms with Crippen LogP contribution in [0.15, 0.2) is 18.6 Å². The van der Waals surface area contributed by atoms with Gasteiger partial charge in [-0.15, -0.1) is 0 Å². The standard InChI is InChI=1S/C9H15N3S/c1-13-6-2-3-10-7-9-8-11-4-5-12-9/h4-5,8,10H,2-3,6-7H2,1H3. The summed E-state index contributed by atoms with van der Waals surface area (Å²) in [5, 5.41) is 3.32. The average molecular weight is 197 g/mol. The third kappa shape index (κ3) is 4.85. The molecule has 3 nitrogen and oxygen atoms in total. The molecule has 0 saturated heterocycles.